The van der Waals surface area contributed by atoms with Crippen molar-refractivity contribution in [3.8, 4) is 0 Å². The molecular formula is C12H11BrN6O. The smallest absolute Gasteiger partial charge is 0.245 e. The zero-order valence-electron chi connectivity index (χ0n) is 10.8. The number of rotatable bonds is 3. The molecule has 0 bridgehead atoms. The summed E-state index contributed by atoms with van der Waals surface area (Å²) in [6.07, 6.45) is 0. The van der Waals surface area contributed by atoms with Crippen LogP contribution in [0.2, 0.25) is 0 Å². The molecule has 2 aromatic heterocycles. The molecule has 0 saturated heterocycles. The Morgan fingerprint density at radius 2 is 1.90 bits per heavy atom. The van der Waals surface area contributed by atoms with E-state index in [4.69, 9.17) is 0 Å². The molecule has 3 aromatic rings. The van der Waals surface area contributed by atoms with Crippen molar-refractivity contribution in [2.24, 2.45) is 0 Å². The lowest BCUT2D eigenvalue weighted by Gasteiger charge is -2.15. The molecule has 7 nitrogen and oxygen atoms in total. The molecule has 0 amide bonds. The largest absolute Gasteiger partial charge is 0.360 e. The van der Waals surface area contributed by atoms with Crippen LogP contribution in [0.5, 0.6) is 0 Å². The first-order chi connectivity index (χ1) is 9.63. The summed E-state index contributed by atoms with van der Waals surface area (Å²) in [5.41, 5.74) is 1.65. The summed E-state index contributed by atoms with van der Waals surface area (Å²) < 4.78 is 5.62. The third-order valence-electron chi connectivity index (χ3n) is 2.61. The molecule has 1 N–H and O–H groups in total. The molecule has 0 fully saturated rings. The zero-order valence-corrected chi connectivity index (χ0v) is 12.4. The van der Waals surface area contributed by atoms with Crippen LogP contribution in [0.15, 0.2) is 33.4 Å². The van der Waals surface area contributed by atoms with Gasteiger partial charge in [-0.1, -0.05) is 22.0 Å². The number of fused-ring (bicyclic) bond motifs is 1. The minimum absolute atomic E-state index is 0.369. The Morgan fingerprint density at radius 1 is 1.15 bits per heavy atom. The maximum Gasteiger partial charge on any atom is 0.245 e. The molecule has 3 rings (SSSR count). The van der Waals surface area contributed by atoms with Gasteiger partial charge < -0.3 is 10.2 Å². The summed E-state index contributed by atoms with van der Waals surface area (Å²) in [5, 5.41) is 10.6. The first kappa shape index (κ1) is 12.8. The molecule has 0 aliphatic carbocycles. The molecule has 20 heavy (non-hydrogen) atoms. The highest BCUT2D eigenvalue weighted by atomic mass is 79.9. The van der Waals surface area contributed by atoms with Crippen LogP contribution in [0.1, 0.15) is 0 Å². The summed E-state index contributed by atoms with van der Waals surface area (Å²) in [6, 6.07) is 7.78. The van der Waals surface area contributed by atoms with Crippen molar-refractivity contribution in [2.75, 3.05) is 24.3 Å². The second kappa shape index (κ2) is 5.04. The average Bonchev–Trinajstić information content (AvgIpc) is 2.84. The second-order valence-corrected chi connectivity index (χ2v) is 5.25. The van der Waals surface area contributed by atoms with Crippen molar-refractivity contribution in [3.05, 3.63) is 28.7 Å². The Labute approximate surface area is 123 Å². The van der Waals surface area contributed by atoms with Crippen molar-refractivity contribution in [2.45, 2.75) is 0 Å². The molecule has 0 unspecified atom stereocenters. The van der Waals surface area contributed by atoms with E-state index >= 15 is 0 Å². The average molecular weight is 335 g/mol. The minimum atomic E-state index is 0.369. The molecule has 0 spiro atoms. The van der Waals surface area contributed by atoms with Crippen molar-refractivity contribution >= 4 is 44.5 Å². The van der Waals surface area contributed by atoms with Crippen LogP contribution in [0, 0.1) is 0 Å². The lowest BCUT2D eigenvalue weighted by molar-refractivity contribution is 0.314. The first-order valence-electron chi connectivity index (χ1n) is 5.84. The standard InChI is InChI=1S/C12H11BrN6O/c1-19(2)12-11(14-8-5-3-4-7(13)6-8)15-9-10(16-12)18-20-17-9/h3-6H,1-2H3,(H,14,15,17). The van der Waals surface area contributed by atoms with E-state index in [0.29, 0.717) is 22.9 Å². The number of benzene rings is 1. The number of hydrogen-bond donors (Lipinski definition) is 1. The Morgan fingerprint density at radius 3 is 2.60 bits per heavy atom. The van der Waals surface area contributed by atoms with E-state index in [1.165, 1.54) is 0 Å². The van der Waals surface area contributed by atoms with E-state index < -0.39 is 0 Å². The fourth-order valence-corrected chi connectivity index (χ4v) is 2.13. The maximum absolute atomic E-state index is 4.65. The molecular weight excluding hydrogens is 324 g/mol. The predicted octanol–water partition coefficient (Wildman–Crippen LogP) is 2.58. The Hall–Kier alpha value is -2.22. The fourth-order valence-electron chi connectivity index (χ4n) is 1.73. The monoisotopic (exact) mass is 334 g/mol. The van der Waals surface area contributed by atoms with Gasteiger partial charge >= 0.3 is 0 Å². The van der Waals surface area contributed by atoms with Crippen molar-refractivity contribution < 1.29 is 4.63 Å². The van der Waals surface area contributed by atoms with E-state index in [1.54, 1.807) is 0 Å². The fraction of sp³-hybridized carbons (Fsp3) is 0.167. The van der Waals surface area contributed by atoms with E-state index in [0.717, 1.165) is 10.2 Å². The van der Waals surface area contributed by atoms with Crippen LogP contribution in [0.3, 0.4) is 0 Å². The highest BCUT2D eigenvalue weighted by Gasteiger charge is 2.14. The summed E-state index contributed by atoms with van der Waals surface area (Å²) in [6.45, 7) is 0. The van der Waals surface area contributed by atoms with Gasteiger partial charge in [-0.15, -0.1) is 0 Å². The van der Waals surface area contributed by atoms with Gasteiger partial charge in [0, 0.05) is 24.3 Å². The summed E-state index contributed by atoms with van der Waals surface area (Å²) in [4.78, 5) is 10.6. The lowest BCUT2D eigenvalue weighted by atomic mass is 10.3. The summed E-state index contributed by atoms with van der Waals surface area (Å²) in [5.74, 6) is 1.25. The van der Waals surface area contributed by atoms with Gasteiger partial charge in [-0.25, -0.2) is 14.6 Å². The van der Waals surface area contributed by atoms with Crippen LogP contribution < -0.4 is 10.2 Å². The molecule has 0 aliphatic heterocycles. The maximum atomic E-state index is 4.65. The highest BCUT2D eigenvalue weighted by molar-refractivity contribution is 9.10. The molecule has 8 heteroatoms. The van der Waals surface area contributed by atoms with E-state index in [2.05, 4.69) is 46.2 Å². The van der Waals surface area contributed by atoms with Crippen molar-refractivity contribution in [1.82, 2.24) is 20.3 Å². The number of anilines is 3. The number of aromatic nitrogens is 4. The number of halogens is 1. The zero-order chi connectivity index (χ0) is 14.1. The second-order valence-electron chi connectivity index (χ2n) is 4.34. The topological polar surface area (TPSA) is 80.0 Å². The van der Waals surface area contributed by atoms with E-state index in [-0.39, 0.29) is 0 Å². The van der Waals surface area contributed by atoms with Gasteiger partial charge in [0.25, 0.3) is 0 Å². The van der Waals surface area contributed by atoms with Gasteiger partial charge in [0.2, 0.25) is 11.3 Å². The lowest BCUT2D eigenvalue weighted by Crippen LogP contribution is -2.14. The van der Waals surface area contributed by atoms with Crippen molar-refractivity contribution in [3.63, 3.8) is 0 Å². The summed E-state index contributed by atoms with van der Waals surface area (Å²) in [7, 11) is 3.77. The third-order valence-corrected chi connectivity index (χ3v) is 3.10. The molecule has 0 radical (unpaired) electrons. The minimum Gasteiger partial charge on any atom is -0.360 e. The highest BCUT2D eigenvalue weighted by Crippen LogP contribution is 2.26. The van der Waals surface area contributed by atoms with Gasteiger partial charge in [-0.3, -0.25) is 0 Å². The molecule has 0 aliphatic rings. The number of hydrogen-bond acceptors (Lipinski definition) is 7. The quantitative estimate of drug-likeness (QED) is 0.788. The Bertz CT molecular complexity index is 757. The number of nitrogens with zero attached hydrogens (tertiary/aromatic N) is 5. The van der Waals surface area contributed by atoms with Gasteiger partial charge in [0.05, 0.1) is 0 Å². The van der Waals surface area contributed by atoms with Crippen molar-refractivity contribution in [1.29, 1.82) is 0 Å². The van der Waals surface area contributed by atoms with Crippen LogP contribution >= 0.6 is 15.9 Å². The van der Waals surface area contributed by atoms with E-state index in [1.807, 2.05) is 43.3 Å². The van der Waals surface area contributed by atoms with Gasteiger partial charge in [-0.05, 0) is 28.5 Å². The van der Waals surface area contributed by atoms with Gasteiger partial charge in [0.15, 0.2) is 11.6 Å². The molecule has 0 saturated carbocycles. The normalized spacial score (nSPS) is 10.8. The Balaban J connectivity index is 2.06. The Kier molecular flexibility index (Phi) is 3.23. The van der Waals surface area contributed by atoms with Gasteiger partial charge in [-0.2, -0.15) is 0 Å². The SMILES string of the molecule is CN(C)c1nc2nonc2nc1Nc1cccc(Br)c1. The summed E-state index contributed by atoms with van der Waals surface area (Å²) >= 11 is 3.43. The van der Waals surface area contributed by atoms with Crippen LogP contribution in [-0.4, -0.2) is 34.4 Å². The first-order valence-corrected chi connectivity index (χ1v) is 6.63. The van der Waals surface area contributed by atoms with Crippen LogP contribution in [0.25, 0.3) is 11.3 Å². The molecule has 0 atom stereocenters. The van der Waals surface area contributed by atoms with Gasteiger partial charge in [0.1, 0.15) is 0 Å². The molecule has 1 aromatic carbocycles. The number of nitrogens with one attached hydrogen (secondary N) is 1. The van der Waals surface area contributed by atoms with E-state index in [9.17, 15) is 0 Å². The van der Waals surface area contributed by atoms with Crippen LogP contribution in [0.4, 0.5) is 17.3 Å². The van der Waals surface area contributed by atoms with Crippen LogP contribution in [-0.2, 0) is 0 Å². The molecule has 2 heterocycles. The predicted molar refractivity (Wildman–Crippen MR) is 79.1 cm³/mol. The third kappa shape index (κ3) is 2.42. The molecule has 102 valence electrons.